The fourth-order valence-electron chi connectivity index (χ4n) is 4.14. The summed E-state index contributed by atoms with van der Waals surface area (Å²) < 4.78 is 6.05. The van der Waals surface area contributed by atoms with Gasteiger partial charge in [-0.2, -0.15) is 0 Å². The van der Waals surface area contributed by atoms with Crippen LogP contribution in [0.25, 0.3) is 0 Å². The molecule has 0 heterocycles. The highest BCUT2D eigenvalue weighted by Gasteiger charge is 2.45. The molecule has 8 heteroatoms. The predicted molar refractivity (Wildman–Crippen MR) is 167 cm³/mol. The number of nitrogens with one attached hydrogen (secondary N) is 2. The maximum atomic E-state index is 12.9. The molecular weight excluding hydrogens is 547 g/mol. The van der Waals surface area contributed by atoms with Crippen molar-refractivity contribution in [3.63, 3.8) is 0 Å². The van der Waals surface area contributed by atoms with E-state index in [0.29, 0.717) is 23.6 Å². The van der Waals surface area contributed by atoms with E-state index in [-0.39, 0.29) is 33.3 Å². The second-order valence-corrected chi connectivity index (χ2v) is 10.5. The first-order valence-corrected chi connectivity index (χ1v) is 14.7. The Labute approximate surface area is 249 Å². The summed E-state index contributed by atoms with van der Waals surface area (Å²) in [5.74, 6) is 1.01. The van der Waals surface area contributed by atoms with Crippen LogP contribution in [0, 0.1) is 12.8 Å². The zero-order valence-corrected chi connectivity index (χ0v) is 26.4. The SMILES string of the molecule is C=C(NC)C(=O)Nc1cc(Cl)c(Oc2ccc(C)c(C3(C(=O)CCC)CCC3)c2)c(Cl)c1.CC.CCC(C)C=O. The van der Waals surface area contributed by atoms with Crippen LogP contribution in [-0.4, -0.2) is 25.0 Å². The molecule has 2 aromatic rings. The molecule has 0 spiro atoms. The molecule has 6 nitrogen and oxygen atoms in total. The van der Waals surface area contributed by atoms with Gasteiger partial charge < -0.3 is 20.2 Å². The van der Waals surface area contributed by atoms with Gasteiger partial charge in [0.2, 0.25) is 0 Å². The molecule has 2 aromatic carbocycles. The fraction of sp³-hybridized carbons (Fsp3) is 0.469. The molecule has 0 bridgehead atoms. The van der Waals surface area contributed by atoms with E-state index in [0.717, 1.165) is 49.5 Å². The number of halogens is 2. The van der Waals surface area contributed by atoms with Crippen LogP contribution >= 0.6 is 23.2 Å². The average molecular weight is 592 g/mol. The third-order valence-corrected chi connectivity index (χ3v) is 7.43. The number of hydrogen-bond donors (Lipinski definition) is 2. The molecule has 40 heavy (non-hydrogen) atoms. The van der Waals surface area contributed by atoms with Crippen molar-refractivity contribution >= 4 is 46.9 Å². The summed E-state index contributed by atoms with van der Waals surface area (Å²) in [7, 11) is 1.61. The highest BCUT2D eigenvalue weighted by atomic mass is 35.5. The zero-order valence-electron chi connectivity index (χ0n) is 24.9. The Morgan fingerprint density at radius 1 is 1.12 bits per heavy atom. The molecule has 1 atom stereocenters. The number of aryl methyl sites for hydroxylation is 1. The van der Waals surface area contributed by atoms with Crippen LogP contribution in [0.1, 0.15) is 84.3 Å². The number of carbonyl (C=O) groups is 3. The summed E-state index contributed by atoms with van der Waals surface area (Å²) in [6.07, 6.45) is 6.13. The standard InChI is InChI=1S/C25H28Cl2N2O3.C5H10O.C2H6/c1-5-7-22(30)25(10-6-11-25)19-14-18(9-8-15(19)2)32-23-20(26)12-17(13-21(23)27)29-24(31)16(3)28-4;1-3-5(2)4-6;1-2/h8-9,12-14,28H,3,5-7,10-11H2,1-2,4H3,(H,29,31);4-5H,3H2,1-2H3;1-2H3. The lowest BCUT2D eigenvalue weighted by molar-refractivity contribution is -0.127. The topological polar surface area (TPSA) is 84.5 Å². The van der Waals surface area contributed by atoms with Gasteiger partial charge in [-0.3, -0.25) is 9.59 Å². The third kappa shape index (κ3) is 9.10. The second-order valence-electron chi connectivity index (χ2n) is 9.66. The van der Waals surface area contributed by atoms with Crippen LogP contribution in [0.3, 0.4) is 0 Å². The van der Waals surface area contributed by atoms with Crippen molar-refractivity contribution in [3.8, 4) is 11.5 Å². The van der Waals surface area contributed by atoms with Crippen LogP contribution in [0.2, 0.25) is 10.0 Å². The van der Waals surface area contributed by atoms with Crippen molar-refractivity contribution < 1.29 is 19.1 Å². The fourth-order valence-corrected chi connectivity index (χ4v) is 4.70. The van der Waals surface area contributed by atoms with E-state index < -0.39 is 5.41 Å². The van der Waals surface area contributed by atoms with E-state index in [1.165, 1.54) is 0 Å². The van der Waals surface area contributed by atoms with E-state index in [9.17, 15) is 14.4 Å². The number of amides is 1. The lowest BCUT2D eigenvalue weighted by atomic mass is 9.60. The quantitative estimate of drug-likeness (QED) is 0.202. The van der Waals surface area contributed by atoms with Gasteiger partial charge in [-0.15, -0.1) is 0 Å². The molecule has 0 aliphatic heterocycles. The minimum absolute atomic E-state index is 0.215. The largest absolute Gasteiger partial charge is 0.454 e. The van der Waals surface area contributed by atoms with E-state index in [4.69, 9.17) is 27.9 Å². The van der Waals surface area contributed by atoms with Crippen LogP contribution in [0.15, 0.2) is 42.6 Å². The van der Waals surface area contributed by atoms with E-state index >= 15 is 0 Å². The number of rotatable bonds is 11. The molecule has 220 valence electrons. The van der Waals surface area contributed by atoms with Crippen LogP contribution in [-0.2, 0) is 19.8 Å². The summed E-state index contributed by atoms with van der Waals surface area (Å²) >= 11 is 12.8. The Balaban J connectivity index is 0.000000885. The molecule has 2 N–H and O–H groups in total. The number of carbonyl (C=O) groups excluding carboxylic acids is 3. The molecule has 0 saturated heterocycles. The Bertz CT molecular complexity index is 1150. The normalized spacial score (nSPS) is 13.6. The highest BCUT2D eigenvalue weighted by molar-refractivity contribution is 6.37. The van der Waals surface area contributed by atoms with Gasteiger partial charge in [0.15, 0.2) is 5.75 Å². The Hall–Kier alpha value is -2.83. The van der Waals surface area contributed by atoms with Crippen molar-refractivity contribution in [3.05, 3.63) is 63.8 Å². The predicted octanol–water partition coefficient (Wildman–Crippen LogP) is 8.81. The summed E-state index contributed by atoms with van der Waals surface area (Å²) in [4.78, 5) is 34.7. The molecule has 3 rings (SSSR count). The molecule has 1 unspecified atom stereocenters. The number of ether oxygens (including phenoxy) is 1. The molecule has 1 aliphatic rings. The number of likely N-dealkylation sites (N-methyl/N-ethyl adjacent to an activating group) is 1. The molecule has 0 radical (unpaired) electrons. The summed E-state index contributed by atoms with van der Waals surface area (Å²) in [6.45, 7) is 15.6. The summed E-state index contributed by atoms with van der Waals surface area (Å²) in [5.41, 5.74) is 2.31. The van der Waals surface area contributed by atoms with Gasteiger partial charge in [0.05, 0.1) is 21.2 Å². The van der Waals surface area contributed by atoms with Crippen molar-refractivity contribution in [2.75, 3.05) is 12.4 Å². The van der Waals surface area contributed by atoms with E-state index in [2.05, 4.69) is 17.2 Å². The first-order valence-electron chi connectivity index (χ1n) is 14.0. The number of aldehydes is 1. The first-order chi connectivity index (χ1) is 19.0. The van der Waals surface area contributed by atoms with Gasteiger partial charge in [0, 0.05) is 25.1 Å². The number of ketones is 1. The number of Topliss-reactive ketones (excluding diaryl/α,β-unsaturated/α-hetero) is 1. The van der Waals surface area contributed by atoms with Gasteiger partial charge >= 0.3 is 0 Å². The van der Waals surface area contributed by atoms with Gasteiger partial charge in [-0.1, -0.05) is 76.9 Å². The minimum Gasteiger partial charge on any atom is -0.454 e. The second kappa shape index (κ2) is 17.1. The van der Waals surface area contributed by atoms with Crippen molar-refractivity contribution in [1.29, 1.82) is 0 Å². The Morgan fingerprint density at radius 3 is 2.15 bits per heavy atom. The third-order valence-electron chi connectivity index (χ3n) is 6.87. The number of anilines is 1. The first kappa shape index (κ1) is 35.2. The minimum atomic E-state index is -0.420. The number of benzene rings is 2. The van der Waals surface area contributed by atoms with E-state index in [1.807, 2.05) is 59.7 Å². The maximum Gasteiger partial charge on any atom is 0.271 e. The Morgan fingerprint density at radius 2 is 1.73 bits per heavy atom. The summed E-state index contributed by atoms with van der Waals surface area (Å²) in [6, 6.07) is 8.87. The molecule has 1 saturated carbocycles. The van der Waals surface area contributed by atoms with Gasteiger partial charge in [-0.05, 0) is 68.0 Å². The van der Waals surface area contributed by atoms with Crippen LogP contribution in [0.5, 0.6) is 11.5 Å². The smallest absolute Gasteiger partial charge is 0.271 e. The van der Waals surface area contributed by atoms with Crippen molar-refractivity contribution in [2.45, 2.75) is 85.5 Å². The van der Waals surface area contributed by atoms with Crippen LogP contribution in [0.4, 0.5) is 5.69 Å². The lowest BCUT2D eigenvalue weighted by Gasteiger charge is -2.42. The van der Waals surface area contributed by atoms with Crippen molar-refractivity contribution in [1.82, 2.24) is 5.32 Å². The molecule has 0 aromatic heterocycles. The summed E-state index contributed by atoms with van der Waals surface area (Å²) in [5, 5.41) is 5.87. The number of hydrogen-bond acceptors (Lipinski definition) is 5. The molecule has 1 aliphatic carbocycles. The van der Waals surface area contributed by atoms with Gasteiger partial charge in [0.25, 0.3) is 5.91 Å². The molecular formula is C32H44Cl2N2O4. The van der Waals surface area contributed by atoms with Gasteiger partial charge in [0.1, 0.15) is 17.8 Å². The zero-order chi connectivity index (χ0) is 30.5. The molecule has 1 amide bonds. The van der Waals surface area contributed by atoms with E-state index in [1.54, 1.807) is 19.2 Å². The maximum absolute atomic E-state index is 12.9. The Kier molecular flexibility index (Phi) is 15.0. The monoisotopic (exact) mass is 590 g/mol. The van der Waals surface area contributed by atoms with Gasteiger partial charge in [-0.25, -0.2) is 0 Å². The highest BCUT2D eigenvalue weighted by Crippen LogP contribution is 2.48. The van der Waals surface area contributed by atoms with Crippen LogP contribution < -0.4 is 15.4 Å². The molecule has 1 fully saturated rings. The average Bonchev–Trinajstić information content (AvgIpc) is 2.92. The lowest BCUT2D eigenvalue weighted by Crippen LogP contribution is -2.42. The van der Waals surface area contributed by atoms with Crippen molar-refractivity contribution in [2.24, 2.45) is 5.92 Å².